The number of hydrogen-bond donors (Lipinski definition) is 5. The van der Waals surface area contributed by atoms with Gasteiger partial charge in [0.2, 0.25) is 0 Å². The molecule has 30 heavy (non-hydrogen) atoms. The molecule has 164 valence electrons. The monoisotopic (exact) mass is 452 g/mol. The fraction of sp³-hybridized carbons (Fsp3) is 0.409. The van der Waals surface area contributed by atoms with E-state index in [4.69, 9.17) is 5.11 Å². The van der Waals surface area contributed by atoms with E-state index >= 15 is 0 Å². The summed E-state index contributed by atoms with van der Waals surface area (Å²) in [5.41, 5.74) is 2.07. The summed E-state index contributed by atoms with van der Waals surface area (Å²) in [6.45, 7) is 0. The summed E-state index contributed by atoms with van der Waals surface area (Å²) in [6, 6.07) is 19.2. The predicted molar refractivity (Wildman–Crippen MR) is 120 cm³/mol. The second kappa shape index (κ2) is 11.7. The van der Waals surface area contributed by atoms with E-state index in [0.29, 0.717) is 11.5 Å². The third-order valence-corrected chi connectivity index (χ3v) is 7.16. The van der Waals surface area contributed by atoms with Gasteiger partial charge in [0.25, 0.3) is 0 Å². The lowest BCUT2D eigenvalue weighted by Gasteiger charge is -2.32. The highest BCUT2D eigenvalue weighted by atomic mass is 32.2. The highest BCUT2D eigenvalue weighted by Crippen LogP contribution is 2.33. The lowest BCUT2D eigenvalue weighted by molar-refractivity contribution is -0.188. The van der Waals surface area contributed by atoms with Crippen LogP contribution in [0.2, 0.25) is 0 Å². The Morgan fingerprint density at radius 3 is 1.93 bits per heavy atom. The molecule has 0 heterocycles. The number of thioether (sulfide) groups is 2. The van der Waals surface area contributed by atoms with Crippen LogP contribution in [0.15, 0.2) is 60.7 Å². The van der Waals surface area contributed by atoms with Gasteiger partial charge < -0.3 is 25.5 Å². The summed E-state index contributed by atoms with van der Waals surface area (Å²) in [6.07, 6.45) is -1.07. The topological polar surface area (TPSA) is 118 Å². The van der Waals surface area contributed by atoms with Crippen molar-refractivity contribution in [1.29, 1.82) is 0 Å². The Labute approximate surface area is 185 Å². The van der Waals surface area contributed by atoms with E-state index in [-0.39, 0.29) is 18.6 Å². The Morgan fingerprint density at radius 1 is 0.867 bits per heavy atom. The van der Waals surface area contributed by atoms with Gasteiger partial charge in [-0.2, -0.15) is 11.8 Å². The van der Waals surface area contributed by atoms with Crippen molar-refractivity contribution in [2.45, 2.75) is 47.6 Å². The molecule has 2 aromatic carbocycles. The van der Waals surface area contributed by atoms with Crippen LogP contribution in [0, 0.1) is 0 Å². The van der Waals surface area contributed by atoms with Crippen molar-refractivity contribution in [2.75, 3.05) is 5.75 Å². The van der Waals surface area contributed by atoms with Gasteiger partial charge in [0.1, 0.15) is 0 Å². The number of hydrogen-bond acceptors (Lipinski definition) is 7. The van der Waals surface area contributed by atoms with Crippen molar-refractivity contribution in [1.82, 2.24) is 0 Å². The van der Waals surface area contributed by atoms with Gasteiger partial charge in [0.05, 0.1) is 11.7 Å². The molecule has 2 rings (SSSR count). The van der Waals surface area contributed by atoms with Crippen LogP contribution >= 0.6 is 23.5 Å². The van der Waals surface area contributed by atoms with Crippen molar-refractivity contribution >= 4 is 29.5 Å². The largest absolute Gasteiger partial charge is 0.481 e. The number of aliphatic carboxylic acids is 1. The summed E-state index contributed by atoms with van der Waals surface area (Å²) in [5.74, 6) is -4.62. The normalized spacial score (nSPS) is 13.2. The zero-order valence-electron chi connectivity index (χ0n) is 16.6. The highest BCUT2D eigenvalue weighted by molar-refractivity contribution is 7.99. The van der Waals surface area contributed by atoms with Crippen molar-refractivity contribution < 1.29 is 30.3 Å². The van der Waals surface area contributed by atoms with Gasteiger partial charge in [-0.25, -0.2) is 0 Å². The van der Waals surface area contributed by atoms with E-state index in [0.717, 1.165) is 11.1 Å². The van der Waals surface area contributed by atoms with E-state index in [1.54, 1.807) is 0 Å². The van der Waals surface area contributed by atoms with Gasteiger partial charge in [-0.05, 0) is 17.5 Å². The van der Waals surface area contributed by atoms with Gasteiger partial charge in [0.15, 0.2) is 11.6 Å². The Balaban J connectivity index is 2.00. The molecule has 6 nitrogen and oxygen atoms in total. The van der Waals surface area contributed by atoms with Gasteiger partial charge in [-0.1, -0.05) is 60.7 Å². The number of carbonyl (C=O) groups is 1. The molecule has 0 saturated heterocycles. The van der Waals surface area contributed by atoms with Crippen LogP contribution in [0.4, 0.5) is 0 Å². The molecule has 0 radical (unpaired) electrons. The van der Waals surface area contributed by atoms with E-state index in [9.17, 15) is 25.2 Å². The Kier molecular flexibility index (Phi) is 9.67. The van der Waals surface area contributed by atoms with Gasteiger partial charge in [0, 0.05) is 23.7 Å². The first-order valence-electron chi connectivity index (χ1n) is 9.56. The summed E-state index contributed by atoms with van der Waals surface area (Å²) in [5, 5.41) is 49.4. The Hall–Kier alpha value is -1.55. The highest BCUT2D eigenvalue weighted by Gasteiger charge is 2.37. The first-order valence-corrected chi connectivity index (χ1v) is 11.8. The molecule has 0 bridgehead atoms. The molecule has 0 fully saturated rings. The van der Waals surface area contributed by atoms with Crippen molar-refractivity contribution in [3.63, 3.8) is 0 Å². The smallest absolute Gasteiger partial charge is 0.308 e. The van der Waals surface area contributed by atoms with Gasteiger partial charge in [-0.15, -0.1) is 11.8 Å². The number of aliphatic hydroxyl groups is 4. The molecular formula is C22H28O6S2. The first-order chi connectivity index (χ1) is 14.2. The Morgan fingerprint density at radius 2 is 1.40 bits per heavy atom. The molecule has 2 aromatic rings. The molecule has 0 saturated carbocycles. The molecule has 0 aliphatic carbocycles. The molecule has 1 unspecified atom stereocenters. The molecule has 8 heteroatoms. The van der Waals surface area contributed by atoms with Crippen LogP contribution in [-0.4, -0.2) is 54.1 Å². The summed E-state index contributed by atoms with van der Waals surface area (Å²) < 4.78 is 0. The predicted octanol–water partition coefficient (Wildman–Crippen LogP) is 2.84. The Bertz CT molecular complexity index is 768. The standard InChI is InChI=1S/C22H28O6S2/c23-20(24)13-21(25,26)12-11-19(30-15-18-9-5-2-6-10-18)22(27,28)16-29-14-17-7-3-1-4-8-17/h1-10,19,25-28H,11-16H2,(H,23,24). The van der Waals surface area contributed by atoms with Crippen LogP contribution in [-0.2, 0) is 16.3 Å². The fourth-order valence-electron chi connectivity index (χ4n) is 2.90. The zero-order valence-corrected chi connectivity index (χ0v) is 18.2. The molecule has 0 aromatic heterocycles. The lowest BCUT2D eigenvalue weighted by Crippen LogP contribution is -2.44. The van der Waals surface area contributed by atoms with Crippen LogP contribution < -0.4 is 0 Å². The zero-order chi connectivity index (χ0) is 22.0. The summed E-state index contributed by atoms with van der Waals surface area (Å²) in [4.78, 5) is 10.8. The second-order valence-electron chi connectivity index (χ2n) is 7.23. The molecule has 0 aliphatic heterocycles. The molecule has 1 atom stereocenters. The van der Waals surface area contributed by atoms with Crippen LogP contribution in [0.3, 0.4) is 0 Å². The quantitative estimate of drug-likeness (QED) is 0.295. The van der Waals surface area contributed by atoms with Crippen LogP contribution in [0.25, 0.3) is 0 Å². The maximum atomic E-state index is 10.8. The van der Waals surface area contributed by atoms with E-state index < -0.39 is 29.2 Å². The third-order valence-electron chi connectivity index (χ3n) is 4.48. The van der Waals surface area contributed by atoms with E-state index in [2.05, 4.69) is 0 Å². The minimum absolute atomic E-state index is 0.0384. The van der Waals surface area contributed by atoms with Crippen molar-refractivity contribution in [2.24, 2.45) is 0 Å². The minimum Gasteiger partial charge on any atom is -0.481 e. The van der Waals surface area contributed by atoms with Crippen LogP contribution in [0.5, 0.6) is 0 Å². The van der Waals surface area contributed by atoms with Crippen molar-refractivity contribution in [3.8, 4) is 0 Å². The van der Waals surface area contributed by atoms with E-state index in [1.165, 1.54) is 23.5 Å². The number of benzene rings is 2. The minimum atomic E-state index is -2.40. The summed E-state index contributed by atoms with van der Waals surface area (Å²) >= 11 is 2.68. The first kappa shape index (κ1) is 24.7. The molecule has 0 aliphatic rings. The SMILES string of the molecule is O=C(O)CC(O)(O)CCC(SCc1ccccc1)C(O)(O)CSCc1ccccc1. The second-order valence-corrected chi connectivity index (χ2v) is 9.41. The van der Waals surface area contributed by atoms with Gasteiger partial charge >= 0.3 is 5.97 Å². The summed E-state index contributed by atoms with van der Waals surface area (Å²) in [7, 11) is 0. The maximum Gasteiger partial charge on any atom is 0.308 e. The maximum absolute atomic E-state index is 10.8. The van der Waals surface area contributed by atoms with Crippen LogP contribution in [0.1, 0.15) is 30.4 Å². The van der Waals surface area contributed by atoms with Gasteiger partial charge in [-0.3, -0.25) is 4.79 Å². The molecule has 0 spiro atoms. The lowest BCUT2D eigenvalue weighted by atomic mass is 10.0. The molecule has 0 amide bonds. The number of carboxylic acids is 1. The number of rotatable bonds is 13. The fourth-order valence-corrected chi connectivity index (χ4v) is 5.26. The van der Waals surface area contributed by atoms with E-state index in [1.807, 2.05) is 60.7 Å². The third kappa shape index (κ3) is 9.07. The van der Waals surface area contributed by atoms with Crippen molar-refractivity contribution in [3.05, 3.63) is 71.8 Å². The average molecular weight is 453 g/mol. The molecule has 5 N–H and O–H groups in total. The molecular weight excluding hydrogens is 424 g/mol. The average Bonchev–Trinajstić information content (AvgIpc) is 2.68. The number of carboxylic acid groups (broad SMARTS) is 1.